The maximum absolute atomic E-state index is 2.45. The summed E-state index contributed by atoms with van der Waals surface area (Å²) in [4.78, 5) is 0. The Balaban J connectivity index is 3.84. The molecule has 0 radical (unpaired) electrons. The Morgan fingerprint density at radius 1 is 0.938 bits per heavy atom. The molecule has 0 amide bonds. The molecule has 0 aromatic carbocycles. The van der Waals surface area contributed by atoms with Gasteiger partial charge in [0.1, 0.15) is 0 Å². The van der Waals surface area contributed by atoms with Crippen LogP contribution in [0.4, 0.5) is 0 Å². The molecule has 2 atom stereocenters. The third-order valence-electron chi connectivity index (χ3n) is 3.86. The summed E-state index contributed by atoms with van der Waals surface area (Å²) in [5, 5.41) is 0. The SMILES string of the molecule is CCCCCC(C)(C)CC(C)CC(C)CC. The van der Waals surface area contributed by atoms with E-state index in [-0.39, 0.29) is 0 Å². The molecular formula is C16H34. The van der Waals surface area contributed by atoms with Crippen molar-refractivity contribution in [1.29, 1.82) is 0 Å². The maximum atomic E-state index is 2.45. The molecule has 2 unspecified atom stereocenters. The molecular weight excluding hydrogens is 192 g/mol. The number of unbranched alkanes of at least 4 members (excludes halogenated alkanes) is 2. The van der Waals surface area contributed by atoms with Crippen LogP contribution >= 0.6 is 0 Å². The van der Waals surface area contributed by atoms with Crippen LogP contribution in [0.2, 0.25) is 0 Å². The zero-order valence-electron chi connectivity index (χ0n) is 12.6. The van der Waals surface area contributed by atoms with E-state index in [1.807, 2.05) is 0 Å². The molecule has 98 valence electrons. The fourth-order valence-electron chi connectivity index (χ4n) is 2.84. The van der Waals surface area contributed by atoms with Crippen molar-refractivity contribution >= 4 is 0 Å². The van der Waals surface area contributed by atoms with Crippen molar-refractivity contribution in [3.05, 3.63) is 0 Å². The van der Waals surface area contributed by atoms with Crippen LogP contribution in [0.5, 0.6) is 0 Å². The predicted molar refractivity (Wildman–Crippen MR) is 75.8 cm³/mol. The molecule has 0 bridgehead atoms. The lowest BCUT2D eigenvalue weighted by Gasteiger charge is -2.29. The minimum atomic E-state index is 0.558. The lowest BCUT2D eigenvalue weighted by Crippen LogP contribution is -2.17. The third kappa shape index (κ3) is 8.19. The molecule has 0 aromatic rings. The van der Waals surface area contributed by atoms with Crippen molar-refractivity contribution in [2.45, 2.75) is 86.5 Å². The minimum absolute atomic E-state index is 0.558. The fourth-order valence-corrected chi connectivity index (χ4v) is 2.84. The van der Waals surface area contributed by atoms with Crippen molar-refractivity contribution in [3.63, 3.8) is 0 Å². The van der Waals surface area contributed by atoms with E-state index < -0.39 is 0 Å². The van der Waals surface area contributed by atoms with Gasteiger partial charge in [-0.25, -0.2) is 0 Å². The largest absolute Gasteiger partial charge is 0.0654 e. The number of hydrogen-bond donors (Lipinski definition) is 0. The van der Waals surface area contributed by atoms with Crippen molar-refractivity contribution in [1.82, 2.24) is 0 Å². The van der Waals surface area contributed by atoms with Crippen molar-refractivity contribution in [2.24, 2.45) is 17.3 Å². The van der Waals surface area contributed by atoms with Gasteiger partial charge in [-0.3, -0.25) is 0 Å². The van der Waals surface area contributed by atoms with Crippen LogP contribution in [-0.4, -0.2) is 0 Å². The first-order valence-corrected chi connectivity index (χ1v) is 7.41. The van der Waals surface area contributed by atoms with Gasteiger partial charge in [0.2, 0.25) is 0 Å². The molecule has 0 aliphatic carbocycles. The first-order valence-electron chi connectivity index (χ1n) is 7.41. The molecule has 0 heterocycles. The van der Waals surface area contributed by atoms with Crippen LogP contribution in [0.1, 0.15) is 86.5 Å². The Bertz CT molecular complexity index is 157. The summed E-state index contributed by atoms with van der Waals surface area (Å²) in [5.74, 6) is 1.80. The van der Waals surface area contributed by atoms with E-state index in [4.69, 9.17) is 0 Å². The lowest BCUT2D eigenvalue weighted by molar-refractivity contribution is 0.227. The Hall–Kier alpha value is 0. The highest BCUT2D eigenvalue weighted by Crippen LogP contribution is 2.33. The van der Waals surface area contributed by atoms with Gasteiger partial charge < -0.3 is 0 Å². The third-order valence-corrected chi connectivity index (χ3v) is 3.86. The normalized spacial score (nSPS) is 16.1. The van der Waals surface area contributed by atoms with Gasteiger partial charge in [0.05, 0.1) is 0 Å². The highest BCUT2D eigenvalue weighted by Gasteiger charge is 2.21. The quantitative estimate of drug-likeness (QED) is 0.419. The first-order chi connectivity index (χ1) is 7.41. The van der Waals surface area contributed by atoms with Gasteiger partial charge in [0.25, 0.3) is 0 Å². The smallest absolute Gasteiger partial charge is 0.0352 e. The molecule has 0 N–H and O–H groups in total. The molecule has 16 heavy (non-hydrogen) atoms. The maximum Gasteiger partial charge on any atom is -0.0352 e. The van der Waals surface area contributed by atoms with Gasteiger partial charge in [0, 0.05) is 0 Å². The van der Waals surface area contributed by atoms with Crippen molar-refractivity contribution in [3.8, 4) is 0 Å². The number of rotatable bonds is 9. The van der Waals surface area contributed by atoms with Gasteiger partial charge in [0.15, 0.2) is 0 Å². The molecule has 0 rings (SSSR count). The van der Waals surface area contributed by atoms with Crippen LogP contribution in [0.3, 0.4) is 0 Å². The average molecular weight is 226 g/mol. The molecule has 0 heteroatoms. The first kappa shape index (κ1) is 16.0. The zero-order valence-corrected chi connectivity index (χ0v) is 12.6. The highest BCUT2D eigenvalue weighted by molar-refractivity contribution is 4.73. The molecule has 0 aromatic heterocycles. The van der Waals surface area contributed by atoms with E-state index in [2.05, 4.69) is 41.5 Å². The lowest BCUT2D eigenvalue weighted by atomic mass is 9.77. The summed E-state index contributed by atoms with van der Waals surface area (Å²) >= 11 is 0. The Morgan fingerprint density at radius 2 is 1.56 bits per heavy atom. The number of hydrogen-bond acceptors (Lipinski definition) is 0. The molecule has 0 nitrogen and oxygen atoms in total. The van der Waals surface area contributed by atoms with Gasteiger partial charge in [-0.05, 0) is 36.5 Å². The molecule has 0 aliphatic heterocycles. The molecule has 0 saturated carbocycles. The Morgan fingerprint density at radius 3 is 2.06 bits per heavy atom. The highest BCUT2D eigenvalue weighted by atomic mass is 14.3. The summed E-state index contributed by atoms with van der Waals surface area (Å²) in [6.45, 7) is 14.3. The van der Waals surface area contributed by atoms with Crippen molar-refractivity contribution in [2.75, 3.05) is 0 Å². The summed E-state index contributed by atoms with van der Waals surface area (Å²) in [6.07, 6.45) is 9.72. The van der Waals surface area contributed by atoms with E-state index in [1.54, 1.807) is 0 Å². The van der Waals surface area contributed by atoms with E-state index >= 15 is 0 Å². The molecule has 0 saturated heterocycles. The van der Waals surface area contributed by atoms with Crippen molar-refractivity contribution < 1.29 is 0 Å². The van der Waals surface area contributed by atoms with Gasteiger partial charge in [-0.1, -0.05) is 67.2 Å². The van der Waals surface area contributed by atoms with E-state index in [9.17, 15) is 0 Å². The second-order valence-electron chi connectivity index (χ2n) is 6.68. The predicted octanol–water partition coefficient (Wildman–Crippen LogP) is 6.06. The van der Waals surface area contributed by atoms with E-state index in [0.29, 0.717) is 5.41 Å². The van der Waals surface area contributed by atoms with Crippen LogP contribution in [-0.2, 0) is 0 Å². The van der Waals surface area contributed by atoms with Crippen LogP contribution in [0.15, 0.2) is 0 Å². The van der Waals surface area contributed by atoms with Crippen LogP contribution in [0.25, 0.3) is 0 Å². The summed E-state index contributed by atoms with van der Waals surface area (Å²) in [5.41, 5.74) is 0.558. The average Bonchev–Trinajstić information content (AvgIpc) is 2.16. The van der Waals surface area contributed by atoms with Crippen LogP contribution < -0.4 is 0 Å². The molecule has 0 spiro atoms. The molecule has 0 fully saturated rings. The second-order valence-corrected chi connectivity index (χ2v) is 6.68. The van der Waals surface area contributed by atoms with E-state index in [0.717, 1.165) is 11.8 Å². The fraction of sp³-hybridized carbons (Fsp3) is 1.00. The van der Waals surface area contributed by atoms with Gasteiger partial charge in [-0.2, -0.15) is 0 Å². The van der Waals surface area contributed by atoms with Gasteiger partial charge in [-0.15, -0.1) is 0 Å². The summed E-state index contributed by atoms with van der Waals surface area (Å²) in [6, 6.07) is 0. The Kier molecular flexibility index (Phi) is 8.14. The molecule has 0 aliphatic rings. The Labute approximate surface area is 104 Å². The van der Waals surface area contributed by atoms with Gasteiger partial charge >= 0.3 is 0 Å². The summed E-state index contributed by atoms with van der Waals surface area (Å²) < 4.78 is 0. The summed E-state index contributed by atoms with van der Waals surface area (Å²) in [7, 11) is 0. The zero-order chi connectivity index (χ0) is 12.6. The second kappa shape index (κ2) is 8.14. The topological polar surface area (TPSA) is 0 Å². The monoisotopic (exact) mass is 226 g/mol. The van der Waals surface area contributed by atoms with Crippen LogP contribution in [0, 0.1) is 17.3 Å². The van der Waals surface area contributed by atoms with E-state index in [1.165, 1.54) is 44.9 Å². The standard InChI is InChI=1S/C16H34/c1-7-9-10-11-16(5,6)13-15(4)12-14(3)8-2/h14-15H,7-13H2,1-6H3. The minimum Gasteiger partial charge on any atom is -0.0654 e.